The minimum Gasteiger partial charge on any atom is -0.489 e. The summed E-state index contributed by atoms with van der Waals surface area (Å²) >= 11 is 1.71. The van der Waals surface area contributed by atoms with Crippen molar-refractivity contribution in [2.45, 2.75) is 26.9 Å². The number of nitrogens with one attached hydrogen (secondary N) is 2. The number of aromatic nitrogens is 1. The fraction of sp³-hybridized carbons (Fsp3) is 0.333. The fourth-order valence-corrected chi connectivity index (χ4v) is 2.99. The van der Waals surface area contributed by atoms with E-state index in [0.29, 0.717) is 19.7 Å². The van der Waals surface area contributed by atoms with Crippen LogP contribution in [0.25, 0.3) is 0 Å². The van der Waals surface area contributed by atoms with Crippen LogP contribution < -0.4 is 15.4 Å². The average Bonchev–Trinajstić information content (AvgIpc) is 2.92. The Balaban J connectivity index is 1.90. The second-order valence-electron chi connectivity index (χ2n) is 5.24. The summed E-state index contributed by atoms with van der Waals surface area (Å²) in [7, 11) is 1.76. The lowest BCUT2D eigenvalue weighted by atomic mass is 10.2. The number of para-hydroxylation sites is 1. The molecule has 24 heavy (non-hydrogen) atoms. The SMILES string of the molecule is C=CCOc1ccccc1CNC(=NC)NCc1nc(C)c(C)s1. The van der Waals surface area contributed by atoms with Gasteiger partial charge in [0, 0.05) is 24.0 Å². The Hall–Kier alpha value is -2.34. The third-order valence-electron chi connectivity index (χ3n) is 3.48. The summed E-state index contributed by atoms with van der Waals surface area (Å²) in [5, 5.41) is 7.65. The van der Waals surface area contributed by atoms with Crippen molar-refractivity contribution in [1.29, 1.82) is 0 Å². The first-order valence-corrected chi connectivity index (χ1v) is 8.64. The minimum absolute atomic E-state index is 0.493. The van der Waals surface area contributed by atoms with Crippen LogP contribution in [0.2, 0.25) is 0 Å². The number of hydrogen-bond donors (Lipinski definition) is 2. The van der Waals surface area contributed by atoms with E-state index < -0.39 is 0 Å². The maximum atomic E-state index is 5.67. The number of aryl methyl sites for hydroxylation is 2. The second kappa shape index (κ2) is 9.08. The molecule has 6 heteroatoms. The summed E-state index contributed by atoms with van der Waals surface area (Å²) in [5.41, 5.74) is 2.16. The van der Waals surface area contributed by atoms with Gasteiger partial charge in [0.2, 0.25) is 0 Å². The lowest BCUT2D eigenvalue weighted by Crippen LogP contribution is -2.36. The highest BCUT2D eigenvalue weighted by Crippen LogP contribution is 2.18. The van der Waals surface area contributed by atoms with E-state index in [1.165, 1.54) is 4.88 Å². The molecular formula is C18H24N4OS. The molecule has 0 aliphatic heterocycles. The van der Waals surface area contributed by atoms with Gasteiger partial charge in [0.1, 0.15) is 17.4 Å². The van der Waals surface area contributed by atoms with Crippen LogP contribution >= 0.6 is 11.3 Å². The largest absolute Gasteiger partial charge is 0.489 e. The van der Waals surface area contributed by atoms with Crippen molar-refractivity contribution in [2.75, 3.05) is 13.7 Å². The summed E-state index contributed by atoms with van der Waals surface area (Å²) in [6, 6.07) is 7.95. The molecule has 0 atom stereocenters. The zero-order valence-corrected chi connectivity index (χ0v) is 15.2. The van der Waals surface area contributed by atoms with Crippen molar-refractivity contribution in [2.24, 2.45) is 4.99 Å². The number of hydrogen-bond acceptors (Lipinski definition) is 4. The van der Waals surface area contributed by atoms with E-state index in [0.717, 1.165) is 28.0 Å². The molecule has 0 spiro atoms. The predicted molar refractivity (Wildman–Crippen MR) is 101 cm³/mol. The van der Waals surface area contributed by atoms with E-state index in [4.69, 9.17) is 4.74 Å². The molecule has 2 N–H and O–H groups in total. The summed E-state index contributed by atoms with van der Waals surface area (Å²) in [5.74, 6) is 1.59. The van der Waals surface area contributed by atoms with E-state index in [1.54, 1.807) is 24.5 Å². The molecule has 0 fully saturated rings. The number of thiazole rings is 1. The van der Waals surface area contributed by atoms with Gasteiger partial charge >= 0.3 is 0 Å². The van der Waals surface area contributed by atoms with E-state index in [2.05, 4.69) is 34.1 Å². The highest BCUT2D eigenvalue weighted by Gasteiger charge is 2.06. The van der Waals surface area contributed by atoms with Crippen molar-refractivity contribution in [1.82, 2.24) is 15.6 Å². The van der Waals surface area contributed by atoms with Crippen LogP contribution in [-0.4, -0.2) is 24.6 Å². The molecule has 0 saturated carbocycles. The van der Waals surface area contributed by atoms with Crippen molar-refractivity contribution < 1.29 is 4.74 Å². The number of rotatable bonds is 7. The Kier molecular flexibility index (Phi) is 6.81. The van der Waals surface area contributed by atoms with Crippen molar-refractivity contribution >= 4 is 17.3 Å². The predicted octanol–water partition coefficient (Wildman–Crippen LogP) is 3.19. The molecule has 1 aromatic carbocycles. The number of benzene rings is 1. The van der Waals surface area contributed by atoms with Gasteiger partial charge in [-0.15, -0.1) is 11.3 Å². The standard InChI is InChI=1S/C18H24N4OS/c1-5-10-23-16-9-7-6-8-15(16)11-20-18(19-4)21-12-17-22-13(2)14(3)24-17/h5-9H,1,10-12H2,2-4H3,(H2,19,20,21). The first kappa shape index (κ1) is 18.0. The third-order valence-corrected chi connectivity index (χ3v) is 4.55. The molecule has 5 nitrogen and oxygen atoms in total. The number of aliphatic imine (C=N–C) groups is 1. The monoisotopic (exact) mass is 344 g/mol. The topological polar surface area (TPSA) is 58.5 Å². The molecule has 1 aromatic heterocycles. The minimum atomic E-state index is 0.493. The van der Waals surface area contributed by atoms with Crippen molar-refractivity contribution in [3.63, 3.8) is 0 Å². The van der Waals surface area contributed by atoms with Gasteiger partial charge in [-0.1, -0.05) is 30.9 Å². The van der Waals surface area contributed by atoms with Crippen LogP contribution in [0, 0.1) is 13.8 Å². The number of nitrogens with zero attached hydrogens (tertiary/aromatic N) is 2. The molecule has 1 heterocycles. The third kappa shape index (κ3) is 5.09. The number of guanidine groups is 1. The molecule has 0 bridgehead atoms. The molecular weight excluding hydrogens is 320 g/mol. The molecule has 2 rings (SSSR count). The molecule has 0 aliphatic rings. The normalized spacial score (nSPS) is 11.2. The highest BCUT2D eigenvalue weighted by molar-refractivity contribution is 7.11. The molecule has 0 saturated heterocycles. The van der Waals surface area contributed by atoms with Crippen LogP contribution in [0.1, 0.15) is 21.1 Å². The van der Waals surface area contributed by atoms with Crippen LogP contribution in [0.15, 0.2) is 41.9 Å². The molecule has 0 radical (unpaired) electrons. The van der Waals surface area contributed by atoms with Gasteiger partial charge in [-0.2, -0.15) is 0 Å². The first-order chi connectivity index (χ1) is 11.6. The first-order valence-electron chi connectivity index (χ1n) is 7.83. The van der Waals surface area contributed by atoms with Crippen LogP contribution in [0.5, 0.6) is 5.75 Å². The molecule has 2 aromatic rings. The summed E-state index contributed by atoms with van der Waals surface area (Å²) in [6.07, 6.45) is 1.74. The Morgan fingerprint density at radius 2 is 2.04 bits per heavy atom. The maximum absolute atomic E-state index is 5.67. The highest BCUT2D eigenvalue weighted by atomic mass is 32.1. The lowest BCUT2D eigenvalue weighted by molar-refractivity contribution is 0.358. The lowest BCUT2D eigenvalue weighted by Gasteiger charge is -2.13. The van der Waals surface area contributed by atoms with E-state index >= 15 is 0 Å². The zero-order valence-electron chi connectivity index (χ0n) is 14.4. The molecule has 128 valence electrons. The van der Waals surface area contributed by atoms with E-state index in [-0.39, 0.29) is 0 Å². The van der Waals surface area contributed by atoms with Crippen LogP contribution in [-0.2, 0) is 13.1 Å². The molecule has 0 unspecified atom stereocenters. The van der Waals surface area contributed by atoms with Gasteiger partial charge in [-0.3, -0.25) is 4.99 Å². The fourth-order valence-electron chi connectivity index (χ4n) is 2.11. The average molecular weight is 344 g/mol. The summed E-state index contributed by atoms with van der Waals surface area (Å²) in [4.78, 5) is 10.0. The second-order valence-corrected chi connectivity index (χ2v) is 6.52. The van der Waals surface area contributed by atoms with Crippen LogP contribution in [0.4, 0.5) is 0 Å². The molecule has 0 aliphatic carbocycles. The number of ether oxygens (including phenoxy) is 1. The summed E-state index contributed by atoms with van der Waals surface area (Å²) < 4.78 is 5.67. The van der Waals surface area contributed by atoms with E-state index in [9.17, 15) is 0 Å². The Labute approximate surface area is 147 Å². The quantitative estimate of drug-likeness (QED) is 0.460. The Morgan fingerprint density at radius 3 is 2.71 bits per heavy atom. The van der Waals surface area contributed by atoms with Gasteiger partial charge < -0.3 is 15.4 Å². The maximum Gasteiger partial charge on any atom is 0.191 e. The van der Waals surface area contributed by atoms with Crippen LogP contribution in [0.3, 0.4) is 0 Å². The summed E-state index contributed by atoms with van der Waals surface area (Å²) in [6.45, 7) is 9.58. The van der Waals surface area contributed by atoms with Gasteiger partial charge in [0.05, 0.1) is 12.2 Å². The van der Waals surface area contributed by atoms with Gasteiger partial charge in [-0.05, 0) is 19.9 Å². The van der Waals surface area contributed by atoms with E-state index in [1.807, 2.05) is 31.2 Å². The smallest absolute Gasteiger partial charge is 0.191 e. The van der Waals surface area contributed by atoms with Gasteiger partial charge in [0.15, 0.2) is 5.96 Å². The molecule has 0 amide bonds. The Bertz CT molecular complexity index is 689. The van der Waals surface area contributed by atoms with Crippen molar-refractivity contribution in [3.8, 4) is 5.75 Å². The zero-order chi connectivity index (χ0) is 17.4. The van der Waals surface area contributed by atoms with Gasteiger partial charge in [-0.25, -0.2) is 4.98 Å². The van der Waals surface area contributed by atoms with Crippen molar-refractivity contribution in [3.05, 3.63) is 58.1 Å². The Morgan fingerprint density at radius 1 is 1.29 bits per heavy atom. The van der Waals surface area contributed by atoms with Gasteiger partial charge in [0.25, 0.3) is 0 Å².